The maximum Gasteiger partial charge on any atom is 0.343 e. The Morgan fingerprint density at radius 2 is 1.52 bits per heavy atom. The molecule has 1 aromatic rings. The van der Waals surface area contributed by atoms with E-state index in [1.54, 1.807) is 24.3 Å². The van der Waals surface area contributed by atoms with E-state index in [1.807, 2.05) is 0 Å². The van der Waals surface area contributed by atoms with Gasteiger partial charge >= 0.3 is 17.9 Å². The Labute approximate surface area is 166 Å². The number of carbonyl (C=O) groups is 3. The first-order chi connectivity index (χ1) is 12.8. The molecule has 0 heterocycles. The van der Waals surface area contributed by atoms with E-state index in [4.69, 9.17) is 20.1 Å². The molecule has 0 aliphatic rings. The fourth-order valence-corrected chi connectivity index (χ4v) is 2.13. The van der Waals surface area contributed by atoms with Gasteiger partial charge in [-0.25, -0.2) is 14.4 Å². The van der Waals surface area contributed by atoms with Crippen molar-refractivity contribution in [2.24, 2.45) is 0 Å². The lowest BCUT2D eigenvalue weighted by atomic mass is 10.1. The van der Waals surface area contributed by atoms with Crippen LogP contribution in [0.4, 0.5) is 0 Å². The van der Waals surface area contributed by atoms with Crippen LogP contribution < -0.4 is 4.74 Å². The van der Waals surface area contributed by atoms with Crippen LogP contribution in [0.1, 0.15) is 55.8 Å². The third-order valence-corrected chi connectivity index (χ3v) is 3.89. The molecule has 0 fully saturated rings. The molecule has 150 valence electrons. The number of rotatable bonds is 11. The quantitative estimate of drug-likeness (QED) is 0.337. The molecule has 0 spiro atoms. The van der Waals surface area contributed by atoms with Crippen molar-refractivity contribution in [2.75, 3.05) is 6.61 Å². The van der Waals surface area contributed by atoms with E-state index in [1.165, 1.54) is 32.1 Å². The van der Waals surface area contributed by atoms with Crippen LogP contribution in [0.5, 0.6) is 5.75 Å². The summed E-state index contributed by atoms with van der Waals surface area (Å²) in [5, 5.41) is 24.8. The Morgan fingerprint density at radius 1 is 0.963 bits per heavy atom. The van der Waals surface area contributed by atoms with E-state index in [2.05, 4.69) is 22.9 Å². The predicted molar refractivity (Wildman–Crippen MR) is 105 cm³/mol. The predicted octanol–water partition coefficient (Wildman–Crippen LogP) is 4.56. The van der Waals surface area contributed by atoms with Crippen molar-refractivity contribution in [1.29, 1.82) is 0 Å². The Balaban J connectivity index is 0.000000636. The van der Waals surface area contributed by atoms with Gasteiger partial charge in [-0.3, -0.25) is 0 Å². The Morgan fingerprint density at radius 3 is 1.96 bits per heavy atom. The molecule has 0 radical (unpaired) electrons. The molecule has 0 atom stereocenters. The standard InChI is InChI=1S/C15H22O3.C4H3BrO4/c1-2-3-4-5-6-7-12-18-14-10-8-13(9-11-14)15(16)17;5-2(4(8)9)1-3(6)7/h8-11H,2-7,12H2,1H3,(H,16,17);1H,(H,6,7)(H,8,9)/b;2-1+. The molecule has 8 heteroatoms. The minimum Gasteiger partial charge on any atom is -0.494 e. The van der Waals surface area contributed by atoms with Crippen molar-refractivity contribution in [1.82, 2.24) is 0 Å². The van der Waals surface area contributed by atoms with Crippen LogP contribution in [0.15, 0.2) is 34.8 Å². The fourth-order valence-electron chi connectivity index (χ4n) is 1.94. The Bertz CT molecular complexity index is 623. The summed E-state index contributed by atoms with van der Waals surface area (Å²) >= 11 is 2.52. The van der Waals surface area contributed by atoms with Gasteiger partial charge in [0, 0.05) is 6.08 Å². The van der Waals surface area contributed by atoms with Crippen molar-refractivity contribution in [2.45, 2.75) is 45.4 Å². The van der Waals surface area contributed by atoms with Crippen molar-refractivity contribution < 1.29 is 34.4 Å². The summed E-state index contributed by atoms with van der Waals surface area (Å²) in [6.45, 7) is 2.92. The van der Waals surface area contributed by atoms with Gasteiger partial charge in [-0.1, -0.05) is 39.0 Å². The zero-order chi connectivity index (χ0) is 20.7. The summed E-state index contributed by atoms with van der Waals surface area (Å²) in [6.07, 6.45) is 7.99. The molecule has 0 saturated carbocycles. The lowest BCUT2D eigenvalue weighted by Gasteiger charge is -2.06. The first-order valence-electron chi connectivity index (χ1n) is 8.57. The second-order valence-corrected chi connectivity index (χ2v) is 6.44. The maximum absolute atomic E-state index is 10.7. The van der Waals surface area contributed by atoms with E-state index in [9.17, 15) is 14.4 Å². The van der Waals surface area contributed by atoms with Gasteiger partial charge in [-0.15, -0.1) is 0 Å². The van der Waals surface area contributed by atoms with Crippen molar-refractivity contribution in [3.63, 3.8) is 0 Å². The summed E-state index contributed by atoms with van der Waals surface area (Å²) in [4.78, 5) is 30.3. The van der Waals surface area contributed by atoms with E-state index < -0.39 is 17.9 Å². The smallest absolute Gasteiger partial charge is 0.343 e. The second kappa shape index (κ2) is 14.8. The minimum atomic E-state index is -1.29. The van der Waals surface area contributed by atoms with Gasteiger partial charge < -0.3 is 20.1 Å². The molecule has 0 amide bonds. The average molecular weight is 445 g/mol. The van der Waals surface area contributed by atoms with E-state index in [-0.39, 0.29) is 4.48 Å². The van der Waals surface area contributed by atoms with E-state index in [0.29, 0.717) is 18.2 Å². The van der Waals surface area contributed by atoms with Gasteiger partial charge in [0.1, 0.15) is 10.2 Å². The Kier molecular flexibility index (Phi) is 13.5. The van der Waals surface area contributed by atoms with Crippen LogP contribution >= 0.6 is 15.9 Å². The fraction of sp³-hybridized carbons (Fsp3) is 0.421. The topological polar surface area (TPSA) is 121 Å². The molecule has 0 aliphatic heterocycles. The average Bonchev–Trinajstić information content (AvgIpc) is 2.61. The molecular weight excluding hydrogens is 420 g/mol. The minimum absolute atomic E-state index is 0.293. The highest BCUT2D eigenvalue weighted by atomic mass is 79.9. The first kappa shape index (κ1) is 24.7. The molecule has 3 N–H and O–H groups in total. The van der Waals surface area contributed by atoms with Gasteiger partial charge in [0.05, 0.1) is 12.2 Å². The second-order valence-electron chi connectivity index (χ2n) is 5.58. The normalized spacial score (nSPS) is 10.5. The summed E-state index contributed by atoms with van der Waals surface area (Å²) in [6, 6.07) is 6.55. The third kappa shape index (κ3) is 13.5. The maximum atomic E-state index is 10.7. The number of unbranched alkanes of at least 4 members (excludes halogenated alkanes) is 5. The zero-order valence-corrected chi connectivity index (χ0v) is 16.8. The molecule has 0 bridgehead atoms. The number of ether oxygens (including phenoxy) is 1. The lowest BCUT2D eigenvalue weighted by molar-refractivity contribution is -0.134. The van der Waals surface area contributed by atoms with Gasteiger partial charge in [-0.2, -0.15) is 0 Å². The summed E-state index contributed by atoms with van der Waals surface area (Å²) in [5.74, 6) is -2.74. The van der Waals surface area contributed by atoms with Crippen LogP contribution in [0.25, 0.3) is 0 Å². The highest BCUT2D eigenvalue weighted by Gasteiger charge is 2.03. The number of carboxylic acids is 3. The molecule has 0 aliphatic carbocycles. The van der Waals surface area contributed by atoms with Crippen molar-refractivity contribution in [3.8, 4) is 5.75 Å². The molecule has 27 heavy (non-hydrogen) atoms. The number of carboxylic acid groups (broad SMARTS) is 3. The number of aliphatic carboxylic acids is 2. The summed E-state index contributed by atoms with van der Waals surface area (Å²) in [5.41, 5.74) is 0.293. The lowest BCUT2D eigenvalue weighted by Crippen LogP contribution is -1.99. The number of hydrogen-bond acceptors (Lipinski definition) is 4. The van der Waals surface area contributed by atoms with Crippen LogP contribution in [0.3, 0.4) is 0 Å². The highest BCUT2D eigenvalue weighted by molar-refractivity contribution is 9.12. The number of benzene rings is 1. The van der Waals surface area contributed by atoms with Crippen LogP contribution in [0.2, 0.25) is 0 Å². The van der Waals surface area contributed by atoms with E-state index >= 15 is 0 Å². The van der Waals surface area contributed by atoms with Gasteiger partial charge in [0.2, 0.25) is 0 Å². The molecule has 1 aromatic carbocycles. The molecule has 1 rings (SSSR count). The summed E-state index contributed by atoms with van der Waals surface area (Å²) in [7, 11) is 0. The summed E-state index contributed by atoms with van der Waals surface area (Å²) < 4.78 is 5.19. The molecular formula is C19H25BrO7. The molecule has 0 unspecified atom stereocenters. The first-order valence-corrected chi connectivity index (χ1v) is 9.36. The van der Waals surface area contributed by atoms with Crippen molar-refractivity contribution in [3.05, 3.63) is 40.4 Å². The number of hydrogen-bond donors (Lipinski definition) is 3. The molecule has 0 saturated heterocycles. The molecule has 0 aromatic heterocycles. The number of halogens is 1. The van der Waals surface area contributed by atoms with Crippen LogP contribution in [-0.2, 0) is 9.59 Å². The highest BCUT2D eigenvalue weighted by Crippen LogP contribution is 2.13. The SMILES string of the molecule is CCCCCCCCOc1ccc(C(=O)O)cc1.O=C(O)/C=C(/Br)C(=O)O. The monoisotopic (exact) mass is 444 g/mol. The Hall–Kier alpha value is -2.35. The van der Waals surface area contributed by atoms with Crippen LogP contribution in [0, 0.1) is 0 Å². The van der Waals surface area contributed by atoms with Gasteiger partial charge in [0.15, 0.2) is 0 Å². The number of aromatic carboxylic acids is 1. The van der Waals surface area contributed by atoms with Crippen molar-refractivity contribution >= 4 is 33.8 Å². The van der Waals surface area contributed by atoms with Crippen LogP contribution in [-0.4, -0.2) is 39.8 Å². The van der Waals surface area contributed by atoms with Gasteiger partial charge in [0.25, 0.3) is 0 Å². The third-order valence-electron chi connectivity index (χ3n) is 3.32. The molecule has 7 nitrogen and oxygen atoms in total. The zero-order valence-electron chi connectivity index (χ0n) is 15.2. The van der Waals surface area contributed by atoms with Gasteiger partial charge in [-0.05, 0) is 46.6 Å². The van der Waals surface area contributed by atoms with E-state index in [0.717, 1.165) is 12.2 Å². The largest absolute Gasteiger partial charge is 0.494 e.